The van der Waals surface area contributed by atoms with Gasteiger partial charge in [-0.1, -0.05) is 0 Å². The standard InChI is InChI=1S/C12H17NOS/c14-12(7-11-4-6-15-9-11)2-1-10-3-5-13-8-10/h4,6,9-10,13H,1-3,5,7-8H2. The molecule has 0 saturated carbocycles. The summed E-state index contributed by atoms with van der Waals surface area (Å²) in [6.07, 6.45) is 3.69. The second kappa shape index (κ2) is 5.42. The molecule has 0 aromatic carbocycles. The Bertz CT molecular complexity index is 301. The number of Topliss-reactive ketones (excluding diaryl/α,β-unsaturated/α-hetero) is 1. The predicted molar refractivity (Wildman–Crippen MR) is 63.2 cm³/mol. The van der Waals surface area contributed by atoms with Gasteiger partial charge in [-0.25, -0.2) is 0 Å². The van der Waals surface area contributed by atoms with Crippen molar-refractivity contribution in [1.82, 2.24) is 5.32 Å². The second-order valence-corrected chi connectivity index (χ2v) is 5.02. The van der Waals surface area contributed by atoms with Gasteiger partial charge in [0.05, 0.1) is 0 Å². The molecule has 0 aliphatic carbocycles. The maximum atomic E-state index is 11.7. The van der Waals surface area contributed by atoms with E-state index in [0.717, 1.165) is 31.8 Å². The molecule has 1 fully saturated rings. The largest absolute Gasteiger partial charge is 0.316 e. The molecule has 0 radical (unpaired) electrons. The monoisotopic (exact) mass is 223 g/mol. The highest BCUT2D eigenvalue weighted by Crippen LogP contribution is 2.16. The molecule has 0 spiro atoms. The minimum absolute atomic E-state index is 0.389. The summed E-state index contributed by atoms with van der Waals surface area (Å²) in [6.45, 7) is 2.23. The lowest BCUT2D eigenvalue weighted by Gasteiger charge is -2.06. The minimum atomic E-state index is 0.389. The quantitative estimate of drug-likeness (QED) is 0.829. The number of hydrogen-bond donors (Lipinski definition) is 1. The smallest absolute Gasteiger partial charge is 0.137 e. The third kappa shape index (κ3) is 3.43. The van der Waals surface area contributed by atoms with Gasteiger partial charge in [-0.2, -0.15) is 11.3 Å². The summed E-state index contributed by atoms with van der Waals surface area (Å²) >= 11 is 1.66. The Morgan fingerprint density at radius 3 is 3.20 bits per heavy atom. The van der Waals surface area contributed by atoms with Crippen molar-refractivity contribution in [3.05, 3.63) is 22.4 Å². The molecule has 82 valence electrons. The molecule has 1 aliphatic heterocycles. The highest BCUT2D eigenvalue weighted by atomic mass is 32.1. The van der Waals surface area contributed by atoms with Gasteiger partial charge < -0.3 is 5.32 Å². The molecule has 1 aromatic rings. The molecule has 0 bridgehead atoms. The van der Waals surface area contributed by atoms with Gasteiger partial charge in [0.1, 0.15) is 5.78 Å². The lowest BCUT2D eigenvalue weighted by atomic mass is 9.99. The molecule has 0 amide bonds. The molecule has 1 aliphatic rings. The van der Waals surface area contributed by atoms with Crippen LogP contribution < -0.4 is 5.32 Å². The molecule has 1 unspecified atom stereocenters. The zero-order chi connectivity index (χ0) is 10.5. The van der Waals surface area contributed by atoms with Gasteiger partial charge in [-0.15, -0.1) is 0 Å². The number of carbonyl (C=O) groups excluding carboxylic acids is 1. The summed E-state index contributed by atoms with van der Waals surface area (Å²) < 4.78 is 0. The van der Waals surface area contributed by atoms with Crippen molar-refractivity contribution in [2.24, 2.45) is 5.92 Å². The van der Waals surface area contributed by atoms with Crippen molar-refractivity contribution in [1.29, 1.82) is 0 Å². The molecule has 1 aromatic heterocycles. The third-order valence-electron chi connectivity index (χ3n) is 2.98. The van der Waals surface area contributed by atoms with Crippen LogP contribution in [0.2, 0.25) is 0 Å². The summed E-state index contributed by atoms with van der Waals surface area (Å²) in [5.41, 5.74) is 1.18. The van der Waals surface area contributed by atoms with E-state index in [4.69, 9.17) is 0 Å². The lowest BCUT2D eigenvalue weighted by Crippen LogP contribution is -2.11. The maximum Gasteiger partial charge on any atom is 0.137 e. The first-order chi connectivity index (χ1) is 7.34. The van der Waals surface area contributed by atoms with E-state index in [1.165, 1.54) is 12.0 Å². The number of carbonyl (C=O) groups is 1. The van der Waals surface area contributed by atoms with Crippen molar-refractivity contribution in [3.8, 4) is 0 Å². The van der Waals surface area contributed by atoms with E-state index in [1.54, 1.807) is 11.3 Å². The van der Waals surface area contributed by atoms with Crippen LogP contribution >= 0.6 is 11.3 Å². The van der Waals surface area contributed by atoms with Crippen molar-refractivity contribution in [3.63, 3.8) is 0 Å². The molecular weight excluding hydrogens is 206 g/mol. The number of rotatable bonds is 5. The average Bonchev–Trinajstić information content (AvgIpc) is 2.86. The van der Waals surface area contributed by atoms with Crippen molar-refractivity contribution in [2.45, 2.75) is 25.7 Å². The minimum Gasteiger partial charge on any atom is -0.316 e. The lowest BCUT2D eigenvalue weighted by molar-refractivity contribution is -0.118. The fraction of sp³-hybridized carbons (Fsp3) is 0.583. The molecule has 2 heterocycles. The molecule has 2 nitrogen and oxygen atoms in total. The van der Waals surface area contributed by atoms with Crippen LogP contribution in [0, 0.1) is 5.92 Å². The van der Waals surface area contributed by atoms with E-state index in [9.17, 15) is 4.79 Å². The van der Waals surface area contributed by atoms with Crippen molar-refractivity contribution >= 4 is 17.1 Å². The molecule has 2 rings (SSSR count). The van der Waals surface area contributed by atoms with Crippen LogP contribution in [0.1, 0.15) is 24.8 Å². The van der Waals surface area contributed by atoms with Crippen LogP contribution in [0.15, 0.2) is 16.8 Å². The second-order valence-electron chi connectivity index (χ2n) is 4.24. The maximum absolute atomic E-state index is 11.7. The average molecular weight is 223 g/mol. The topological polar surface area (TPSA) is 29.1 Å². The van der Waals surface area contributed by atoms with Gasteiger partial charge in [0.15, 0.2) is 0 Å². The Morgan fingerprint density at radius 1 is 1.60 bits per heavy atom. The first-order valence-corrected chi connectivity index (χ1v) is 6.52. The number of nitrogens with one attached hydrogen (secondary N) is 1. The van der Waals surface area contributed by atoms with E-state index < -0.39 is 0 Å². The fourth-order valence-electron chi connectivity index (χ4n) is 2.04. The van der Waals surface area contributed by atoms with Crippen LogP contribution in [0.5, 0.6) is 0 Å². The van der Waals surface area contributed by atoms with Gasteiger partial charge in [0.2, 0.25) is 0 Å². The molecule has 1 N–H and O–H groups in total. The summed E-state index contributed by atoms with van der Waals surface area (Å²) in [5, 5.41) is 7.43. The number of hydrogen-bond acceptors (Lipinski definition) is 3. The molecular formula is C12H17NOS. The van der Waals surface area contributed by atoms with Gasteiger partial charge in [0.25, 0.3) is 0 Å². The molecule has 3 heteroatoms. The highest BCUT2D eigenvalue weighted by Gasteiger charge is 2.15. The van der Waals surface area contributed by atoms with E-state index >= 15 is 0 Å². The Hall–Kier alpha value is -0.670. The molecule has 15 heavy (non-hydrogen) atoms. The van der Waals surface area contributed by atoms with Gasteiger partial charge in [-0.05, 0) is 54.2 Å². The first kappa shape index (κ1) is 10.8. The molecule has 1 saturated heterocycles. The van der Waals surface area contributed by atoms with Gasteiger partial charge in [0, 0.05) is 12.8 Å². The fourth-order valence-corrected chi connectivity index (χ4v) is 2.70. The van der Waals surface area contributed by atoms with E-state index in [1.807, 2.05) is 11.4 Å². The van der Waals surface area contributed by atoms with Crippen LogP contribution in [0.25, 0.3) is 0 Å². The number of ketones is 1. The number of thiophene rings is 1. The SMILES string of the molecule is O=C(CCC1CCNC1)Cc1ccsc1. The van der Waals surface area contributed by atoms with Gasteiger partial charge >= 0.3 is 0 Å². The Balaban J connectivity index is 1.68. The van der Waals surface area contributed by atoms with Gasteiger partial charge in [-0.3, -0.25) is 4.79 Å². The predicted octanol–water partition coefficient (Wildman–Crippen LogP) is 2.25. The zero-order valence-electron chi connectivity index (χ0n) is 8.87. The Morgan fingerprint density at radius 2 is 2.53 bits per heavy atom. The van der Waals surface area contributed by atoms with Crippen LogP contribution in [0.4, 0.5) is 0 Å². The summed E-state index contributed by atoms with van der Waals surface area (Å²) in [7, 11) is 0. The van der Waals surface area contributed by atoms with Crippen LogP contribution in [-0.4, -0.2) is 18.9 Å². The zero-order valence-corrected chi connectivity index (χ0v) is 9.69. The van der Waals surface area contributed by atoms with Crippen molar-refractivity contribution < 1.29 is 4.79 Å². The summed E-state index contributed by atoms with van der Waals surface area (Å²) in [6, 6.07) is 2.04. The van der Waals surface area contributed by atoms with E-state index in [2.05, 4.69) is 10.7 Å². The van der Waals surface area contributed by atoms with Crippen molar-refractivity contribution in [2.75, 3.05) is 13.1 Å². The highest BCUT2D eigenvalue weighted by molar-refractivity contribution is 7.07. The first-order valence-electron chi connectivity index (χ1n) is 5.58. The third-order valence-corrected chi connectivity index (χ3v) is 3.71. The molecule has 1 atom stereocenters. The summed E-state index contributed by atoms with van der Waals surface area (Å²) in [4.78, 5) is 11.7. The summed E-state index contributed by atoms with van der Waals surface area (Å²) in [5.74, 6) is 1.12. The van der Waals surface area contributed by atoms with Crippen LogP contribution in [0.3, 0.4) is 0 Å². The Labute approximate surface area is 94.7 Å². The van der Waals surface area contributed by atoms with Crippen LogP contribution in [-0.2, 0) is 11.2 Å². The Kier molecular flexibility index (Phi) is 3.92. The van der Waals surface area contributed by atoms with E-state index in [-0.39, 0.29) is 0 Å². The van der Waals surface area contributed by atoms with E-state index in [0.29, 0.717) is 12.2 Å². The normalized spacial score (nSPS) is 20.7.